The molecular weight excluding hydrogens is 176 g/mol. The summed E-state index contributed by atoms with van der Waals surface area (Å²) in [6, 6.07) is 0. The molecule has 0 saturated heterocycles. The molecule has 0 fully saturated rings. The first-order valence-electron chi connectivity index (χ1n) is 4.87. The molecule has 0 spiro atoms. The highest BCUT2D eigenvalue weighted by molar-refractivity contribution is 4.94. The van der Waals surface area contributed by atoms with Crippen molar-refractivity contribution in [3.63, 3.8) is 0 Å². The quantitative estimate of drug-likeness (QED) is 0.559. The summed E-state index contributed by atoms with van der Waals surface area (Å²) < 4.78 is 1.73. The molecule has 4 heteroatoms. The highest BCUT2D eigenvalue weighted by Crippen LogP contribution is 1.89. The highest BCUT2D eigenvalue weighted by atomic mass is 15.3. The van der Waals surface area contributed by atoms with Crippen molar-refractivity contribution in [3.8, 4) is 0 Å². The Morgan fingerprint density at radius 3 is 2.93 bits per heavy atom. The Morgan fingerprint density at radius 1 is 1.57 bits per heavy atom. The van der Waals surface area contributed by atoms with Gasteiger partial charge in [0.25, 0.3) is 0 Å². The second-order valence-corrected chi connectivity index (χ2v) is 3.57. The molecule has 1 aromatic heterocycles. The smallest absolute Gasteiger partial charge is 0.151 e. The normalized spacial score (nSPS) is 10.2. The summed E-state index contributed by atoms with van der Waals surface area (Å²) in [5.41, 5.74) is 1.34. The van der Waals surface area contributed by atoms with Crippen LogP contribution in [0.25, 0.3) is 0 Å². The van der Waals surface area contributed by atoms with Gasteiger partial charge in [-0.2, -0.15) is 5.10 Å². The summed E-state index contributed by atoms with van der Waals surface area (Å²) in [6.45, 7) is 6.05. The van der Waals surface area contributed by atoms with Gasteiger partial charge in [0.05, 0.1) is 0 Å². The molecule has 1 aromatic rings. The van der Waals surface area contributed by atoms with Crippen LogP contribution in [0.5, 0.6) is 0 Å². The first-order chi connectivity index (χ1) is 6.68. The van der Waals surface area contributed by atoms with Crippen LogP contribution < -0.4 is 5.32 Å². The molecule has 0 atom stereocenters. The summed E-state index contributed by atoms with van der Waals surface area (Å²) in [6.07, 6.45) is 4.79. The molecule has 0 aromatic carbocycles. The van der Waals surface area contributed by atoms with Crippen LogP contribution in [0.4, 0.5) is 0 Å². The standard InChI is InChI=1S/C10H18N4/c1-9(2)4-6-11-7-5-10-12-8-14(3)13-10/h4,8,11H,5-7H2,1-3H3. The molecule has 14 heavy (non-hydrogen) atoms. The van der Waals surface area contributed by atoms with Gasteiger partial charge in [0.15, 0.2) is 5.82 Å². The Morgan fingerprint density at radius 2 is 2.36 bits per heavy atom. The van der Waals surface area contributed by atoms with E-state index in [-0.39, 0.29) is 0 Å². The zero-order chi connectivity index (χ0) is 10.4. The van der Waals surface area contributed by atoms with Gasteiger partial charge < -0.3 is 5.32 Å². The summed E-state index contributed by atoms with van der Waals surface area (Å²) in [7, 11) is 1.88. The lowest BCUT2D eigenvalue weighted by molar-refractivity contribution is 0.695. The topological polar surface area (TPSA) is 42.7 Å². The molecule has 4 nitrogen and oxygen atoms in total. The van der Waals surface area contributed by atoms with Crippen LogP contribution in [0.3, 0.4) is 0 Å². The van der Waals surface area contributed by atoms with Crippen molar-refractivity contribution in [2.45, 2.75) is 20.3 Å². The van der Waals surface area contributed by atoms with Gasteiger partial charge in [-0.15, -0.1) is 0 Å². The Bertz CT molecular complexity index is 297. The minimum atomic E-state index is 0.886. The van der Waals surface area contributed by atoms with Crippen molar-refractivity contribution >= 4 is 0 Å². The summed E-state index contributed by atoms with van der Waals surface area (Å²) in [5, 5.41) is 7.50. The molecule has 0 amide bonds. The van der Waals surface area contributed by atoms with E-state index in [1.165, 1.54) is 5.57 Å². The number of aryl methyl sites for hydroxylation is 1. The Kier molecular flexibility index (Phi) is 4.32. The molecule has 1 rings (SSSR count). The van der Waals surface area contributed by atoms with Crippen molar-refractivity contribution in [1.29, 1.82) is 0 Å². The third-order valence-corrected chi connectivity index (χ3v) is 1.83. The zero-order valence-electron chi connectivity index (χ0n) is 9.12. The molecule has 0 bridgehead atoms. The van der Waals surface area contributed by atoms with Crippen molar-refractivity contribution in [2.75, 3.05) is 13.1 Å². The predicted molar refractivity (Wildman–Crippen MR) is 57.0 cm³/mol. The fourth-order valence-corrected chi connectivity index (χ4v) is 1.08. The monoisotopic (exact) mass is 194 g/mol. The highest BCUT2D eigenvalue weighted by Gasteiger charge is 1.96. The van der Waals surface area contributed by atoms with Gasteiger partial charge in [-0.3, -0.25) is 4.68 Å². The van der Waals surface area contributed by atoms with Gasteiger partial charge in [-0.1, -0.05) is 11.6 Å². The van der Waals surface area contributed by atoms with Crippen LogP contribution in [0.1, 0.15) is 19.7 Å². The number of hydrogen-bond acceptors (Lipinski definition) is 3. The maximum Gasteiger partial charge on any atom is 0.151 e. The Hall–Kier alpha value is -1.16. The fourth-order valence-electron chi connectivity index (χ4n) is 1.08. The van der Waals surface area contributed by atoms with E-state index >= 15 is 0 Å². The van der Waals surface area contributed by atoms with E-state index in [0.29, 0.717) is 0 Å². The minimum Gasteiger partial charge on any atom is -0.313 e. The molecule has 0 saturated carbocycles. The van der Waals surface area contributed by atoms with Gasteiger partial charge in [0.2, 0.25) is 0 Å². The van der Waals surface area contributed by atoms with Gasteiger partial charge >= 0.3 is 0 Å². The van der Waals surface area contributed by atoms with E-state index in [9.17, 15) is 0 Å². The molecule has 0 aliphatic heterocycles. The molecule has 1 heterocycles. The summed E-state index contributed by atoms with van der Waals surface area (Å²) >= 11 is 0. The first kappa shape index (κ1) is 10.9. The molecule has 0 aliphatic carbocycles. The van der Waals surface area contributed by atoms with Crippen LogP contribution in [0, 0.1) is 0 Å². The molecular formula is C10H18N4. The maximum atomic E-state index is 4.19. The van der Waals surface area contributed by atoms with Crippen LogP contribution >= 0.6 is 0 Å². The van der Waals surface area contributed by atoms with Gasteiger partial charge in [0.1, 0.15) is 6.33 Å². The van der Waals surface area contributed by atoms with Crippen molar-refractivity contribution in [2.24, 2.45) is 7.05 Å². The van der Waals surface area contributed by atoms with Crippen LogP contribution in [0.2, 0.25) is 0 Å². The Labute approximate surface area is 85.0 Å². The fraction of sp³-hybridized carbons (Fsp3) is 0.600. The number of allylic oxidation sites excluding steroid dienone is 1. The lowest BCUT2D eigenvalue weighted by Crippen LogP contribution is -2.17. The van der Waals surface area contributed by atoms with Crippen molar-refractivity contribution < 1.29 is 0 Å². The number of rotatable bonds is 5. The van der Waals surface area contributed by atoms with E-state index < -0.39 is 0 Å². The second kappa shape index (κ2) is 5.54. The lowest BCUT2D eigenvalue weighted by Gasteiger charge is -1.98. The average Bonchev–Trinajstić information content (AvgIpc) is 2.50. The average molecular weight is 194 g/mol. The molecule has 0 aliphatic rings. The first-order valence-corrected chi connectivity index (χ1v) is 4.87. The van der Waals surface area contributed by atoms with Gasteiger partial charge in [-0.05, 0) is 13.8 Å². The molecule has 78 valence electrons. The number of nitrogens with zero attached hydrogens (tertiary/aromatic N) is 3. The van der Waals surface area contributed by atoms with Crippen molar-refractivity contribution in [3.05, 3.63) is 23.8 Å². The Balaban J connectivity index is 2.13. The molecule has 1 N–H and O–H groups in total. The number of aromatic nitrogens is 3. The third kappa shape index (κ3) is 4.18. The van der Waals surface area contributed by atoms with Crippen LogP contribution in [0.15, 0.2) is 18.0 Å². The minimum absolute atomic E-state index is 0.886. The van der Waals surface area contributed by atoms with Gasteiger partial charge in [0, 0.05) is 26.6 Å². The predicted octanol–water partition coefficient (Wildman–Crippen LogP) is 0.913. The van der Waals surface area contributed by atoms with E-state index in [4.69, 9.17) is 0 Å². The maximum absolute atomic E-state index is 4.19. The zero-order valence-corrected chi connectivity index (χ0v) is 9.12. The largest absolute Gasteiger partial charge is 0.313 e. The van der Waals surface area contributed by atoms with Crippen LogP contribution in [-0.4, -0.2) is 27.9 Å². The summed E-state index contributed by atoms with van der Waals surface area (Å²) in [5.74, 6) is 0.900. The van der Waals surface area contributed by atoms with E-state index in [1.807, 2.05) is 7.05 Å². The van der Waals surface area contributed by atoms with E-state index in [1.54, 1.807) is 11.0 Å². The lowest BCUT2D eigenvalue weighted by atomic mass is 10.3. The number of nitrogens with one attached hydrogen (secondary N) is 1. The van der Waals surface area contributed by atoms with E-state index in [0.717, 1.165) is 25.3 Å². The molecule has 0 unspecified atom stereocenters. The van der Waals surface area contributed by atoms with E-state index in [2.05, 4.69) is 35.3 Å². The molecule has 0 radical (unpaired) electrons. The third-order valence-electron chi connectivity index (χ3n) is 1.83. The second-order valence-electron chi connectivity index (χ2n) is 3.57. The van der Waals surface area contributed by atoms with Crippen LogP contribution in [-0.2, 0) is 13.5 Å². The SMILES string of the molecule is CC(C)=CCNCCc1ncn(C)n1. The van der Waals surface area contributed by atoms with Crippen molar-refractivity contribution in [1.82, 2.24) is 20.1 Å². The summed E-state index contributed by atoms with van der Waals surface area (Å²) in [4.78, 5) is 4.14. The van der Waals surface area contributed by atoms with Gasteiger partial charge in [-0.25, -0.2) is 4.98 Å². The number of hydrogen-bond donors (Lipinski definition) is 1.